The Labute approximate surface area is 140 Å². The molecule has 1 atom stereocenters. The van der Waals surface area contributed by atoms with Gasteiger partial charge in [0.1, 0.15) is 5.84 Å². The summed E-state index contributed by atoms with van der Waals surface area (Å²) in [5, 5.41) is 10.9. The first-order valence-electron chi connectivity index (χ1n) is 7.23. The van der Waals surface area contributed by atoms with E-state index < -0.39 is 22.0 Å². The average molecular weight is 345 g/mol. The third-order valence-corrected chi connectivity index (χ3v) is 4.63. The van der Waals surface area contributed by atoms with Crippen molar-refractivity contribution in [2.24, 2.45) is 4.99 Å². The van der Waals surface area contributed by atoms with Crippen molar-refractivity contribution in [3.05, 3.63) is 65.7 Å². The number of hydrogen-bond donors (Lipinski definition) is 1. The molecule has 0 amide bonds. The number of sulfonamides is 1. The van der Waals surface area contributed by atoms with Gasteiger partial charge in [0.2, 0.25) is 0 Å². The van der Waals surface area contributed by atoms with E-state index in [-0.39, 0.29) is 10.7 Å². The monoisotopic (exact) mass is 345 g/mol. The summed E-state index contributed by atoms with van der Waals surface area (Å²) >= 11 is 0. The Bertz CT molecular complexity index is 844. The Morgan fingerprint density at radius 2 is 1.67 bits per heavy atom. The summed E-state index contributed by atoms with van der Waals surface area (Å²) in [6.45, 7) is 3.17. The molecule has 0 aliphatic heterocycles. The van der Waals surface area contributed by atoms with Gasteiger partial charge in [0, 0.05) is 5.56 Å². The number of nitrogens with one attached hydrogen (secondary N) is 1. The first kappa shape index (κ1) is 17.7. The zero-order chi connectivity index (χ0) is 17.7. The van der Waals surface area contributed by atoms with Crippen LogP contribution in [0.5, 0.6) is 0 Å². The van der Waals surface area contributed by atoms with E-state index in [0.717, 1.165) is 5.56 Å². The molecule has 0 aliphatic carbocycles. The van der Waals surface area contributed by atoms with Gasteiger partial charge in [-0.3, -0.25) is 9.71 Å². The average Bonchev–Trinajstić information content (AvgIpc) is 2.55. The SMILES string of the molecule is Cc1ccc(S(=O)(=O)NC(=N[C@H](C)C(=O)[O-])c2ccccc2)cc1. The first-order valence-corrected chi connectivity index (χ1v) is 8.71. The van der Waals surface area contributed by atoms with Gasteiger partial charge in [-0.2, -0.15) is 0 Å². The van der Waals surface area contributed by atoms with Crippen LogP contribution < -0.4 is 9.83 Å². The molecular formula is C17H17N2O4S-. The van der Waals surface area contributed by atoms with Crippen LogP contribution in [-0.4, -0.2) is 26.3 Å². The van der Waals surface area contributed by atoms with E-state index in [9.17, 15) is 18.3 Å². The number of aryl methyl sites for hydroxylation is 1. The largest absolute Gasteiger partial charge is 0.548 e. The third kappa shape index (κ3) is 4.42. The lowest BCUT2D eigenvalue weighted by Crippen LogP contribution is -2.37. The molecule has 0 spiro atoms. The minimum Gasteiger partial charge on any atom is -0.548 e. The lowest BCUT2D eigenvalue weighted by molar-refractivity contribution is -0.306. The number of carboxylic acid groups (broad SMARTS) is 1. The number of carbonyl (C=O) groups excluding carboxylic acids is 1. The molecule has 0 aliphatic rings. The number of hydrogen-bond acceptors (Lipinski definition) is 5. The van der Waals surface area contributed by atoms with Crippen LogP contribution in [0.4, 0.5) is 0 Å². The van der Waals surface area contributed by atoms with Crippen molar-refractivity contribution >= 4 is 21.8 Å². The van der Waals surface area contributed by atoms with E-state index >= 15 is 0 Å². The number of aliphatic carboxylic acids is 1. The molecule has 0 aromatic heterocycles. The molecule has 2 aromatic rings. The van der Waals surface area contributed by atoms with Crippen molar-refractivity contribution in [2.75, 3.05) is 0 Å². The zero-order valence-electron chi connectivity index (χ0n) is 13.3. The van der Waals surface area contributed by atoms with E-state index in [2.05, 4.69) is 9.71 Å². The lowest BCUT2D eigenvalue weighted by atomic mass is 10.2. The predicted octanol–water partition coefficient (Wildman–Crippen LogP) is 0.859. The third-order valence-electron chi connectivity index (χ3n) is 3.27. The highest BCUT2D eigenvalue weighted by atomic mass is 32.2. The van der Waals surface area contributed by atoms with Crippen molar-refractivity contribution < 1.29 is 18.3 Å². The van der Waals surface area contributed by atoms with E-state index in [1.807, 2.05) is 6.92 Å². The molecule has 0 unspecified atom stereocenters. The Kier molecular flexibility index (Phi) is 5.35. The Morgan fingerprint density at radius 3 is 2.21 bits per heavy atom. The number of nitrogens with zero attached hydrogens (tertiary/aromatic N) is 1. The summed E-state index contributed by atoms with van der Waals surface area (Å²) in [6, 6.07) is 13.6. The van der Waals surface area contributed by atoms with Crippen LogP contribution in [0.15, 0.2) is 64.5 Å². The van der Waals surface area contributed by atoms with Gasteiger partial charge in [-0.05, 0) is 26.0 Å². The smallest absolute Gasteiger partial charge is 0.263 e. The van der Waals surface area contributed by atoms with Crippen LogP contribution in [0.1, 0.15) is 18.1 Å². The number of carbonyl (C=O) groups is 1. The van der Waals surface area contributed by atoms with Gasteiger partial charge in [0.25, 0.3) is 10.0 Å². The fourth-order valence-electron chi connectivity index (χ4n) is 1.91. The van der Waals surface area contributed by atoms with Crippen LogP contribution in [0.25, 0.3) is 0 Å². The second-order valence-electron chi connectivity index (χ2n) is 5.26. The van der Waals surface area contributed by atoms with E-state index in [4.69, 9.17) is 0 Å². The van der Waals surface area contributed by atoms with Gasteiger partial charge in [0.05, 0.1) is 16.9 Å². The molecule has 126 valence electrons. The van der Waals surface area contributed by atoms with Crippen LogP contribution in [-0.2, 0) is 14.8 Å². The minimum atomic E-state index is -3.89. The standard InChI is InChI=1S/C17H18N2O4S/c1-12-8-10-15(11-9-12)24(22,23)19-16(18-13(2)17(20)21)14-6-4-3-5-7-14/h3-11,13H,1-2H3,(H,18,19)(H,20,21)/p-1/t13-/m1/s1. The van der Waals surface area contributed by atoms with Crippen LogP contribution in [0, 0.1) is 6.92 Å². The Morgan fingerprint density at radius 1 is 1.08 bits per heavy atom. The quantitative estimate of drug-likeness (QED) is 0.642. The van der Waals surface area contributed by atoms with Gasteiger partial charge in [0.15, 0.2) is 0 Å². The molecule has 2 rings (SSSR count). The number of benzene rings is 2. The normalized spacial score (nSPS) is 13.3. The highest BCUT2D eigenvalue weighted by Gasteiger charge is 2.18. The van der Waals surface area contributed by atoms with Gasteiger partial charge in [-0.1, -0.05) is 48.0 Å². The number of amidine groups is 1. The summed E-state index contributed by atoms with van der Waals surface area (Å²) in [7, 11) is -3.89. The van der Waals surface area contributed by atoms with Crippen LogP contribution in [0.3, 0.4) is 0 Å². The van der Waals surface area contributed by atoms with Crippen molar-refractivity contribution in [1.82, 2.24) is 4.72 Å². The van der Waals surface area contributed by atoms with Crippen molar-refractivity contribution in [3.8, 4) is 0 Å². The maximum absolute atomic E-state index is 12.5. The minimum absolute atomic E-state index is 0.0483. The molecule has 1 N–H and O–H groups in total. The number of aliphatic imine (C=N–C) groups is 1. The van der Waals surface area contributed by atoms with Crippen LogP contribution in [0.2, 0.25) is 0 Å². The van der Waals surface area contributed by atoms with E-state index in [1.165, 1.54) is 19.1 Å². The second kappa shape index (κ2) is 7.27. The van der Waals surface area contributed by atoms with Gasteiger partial charge < -0.3 is 9.90 Å². The molecule has 2 aromatic carbocycles. The molecule has 0 saturated carbocycles. The molecule has 24 heavy (non-hydrogen) atoms. The maximum Gasteiger partial charge on any atom is 0.263 e. The molecule has 0 bridgehead atoms. The number of carboxylic acids is 1. The molecule has 0 radical (unpaired) electrons. The molecule has 0 heterocycles. The highest BCUT2D eigenvalue weighted by Crippen LogP contribution is 2.12. The molecule has 0 saturated heterocycles. The number of rotatable bonds is 5. The summed E-state index contributed by atoms with van der Waals surface area (Å²) in [6.07, 6.45) is 0. The molecule has 7 heteroatoms. The fraction of sp³-hybridized carbons (Fsp3) is 0.176. The highest BCUT2D eigenvalue weighted by molar-refractivity contribution is 7.90. The zero-order valence-corrected chi connectivity index (χ0v) is 14.1. The Balaban J connectivity index is 2.41. The summed E-state index contributed by atoms with van der Waals surface area (Å²) in [5.74, 6) is -1.44. The Hall–Kier alpha value is -2.67. The van der Waals surface area contributed by atoms with Crippen molar-refractivity contribution in [3.63, 3.8) is 0 Å². The topological polar surface area (TPSA) is 98.7 Å². The first-order chi connectivity index (χ1) is 11.3. The van der Waals surface area contributed by atoms with Crippen molar-refractivity contribution in [1.29, 1.82) is 0 Å². The van der Waals surface area contributed by atoms with Crippen molar-refractivity contribution in [2.45, 2.75) is 24.8 Å². The predicted molar refractivity (Wildman–Crippen MR) is 88.9 cm³/mol. The summed E-state index contributed by atoms with van der Waals surface area (Å²) in [5.41, 5.74) is 1.39. The van der Waals surface area contributed by atoms with Gasteiger partial charge >= 0.3 is 0 Å². The van der Waals surface area contributed by atoms with E-state index in [1.54, 1.807) is 42.5 Å². The summed E-state index contributed by atoms with van der Waals surface area (Å²) < 4.78 is 27.4. The van der Waals surface area contributed by atoms with Gasteiger partial charge in [-0.15, -0.1) is 0 Å². The summed E-state index contributed by atoms with van der Waals surface area (Å²) in [4.78, 5) is 15.0. The molecule has 0 fully saturated rings. The fourth-order valence-corrected chi connectivity index (χ4v) is 2.94. The molecular weight excluding hydrogens is 328 g/mol. The van der Waals surface area contributed by atoms with Gasteiger partial charge in [-0.25, -0.2) is 8.42 Å². The molecule has 6 nitrogen and oxygen atoms in total. The lowest BCUT2D eigenvalue weighted by Gasteiger charge is -2.15. The second-order valence-corrected chi connectivity index (χ2v) is 6.94. The maximum atomic E-state index is 12.5. The van der Waals surface area contributed by atoms with Crippen LogP contribution >= 0.6 is 0 Å². The van der Waals surface area contributed by atoms with E-state index in [0.29, 0.717) is 5.56 Å².